The van der Waals surface area contributed by atoms with Crippen LogP contribution in [0.1, 0.15) is 0 Å². The van der Waals surface area contributed by atoms with E-state index < -0.39 is 0 Å². The number of hydrogen-bond acceptors (Lipinski definition) is 0. The van der Waals surface area contributed by atoms with Crippen LogP contribution in [0.2, 0.25) is 0 Å². The van der Waals surface area contributed by atoms with Crippen molar-refractivity contribution in [2.45, 2.75) is 0 Å². The fourth-order valence-electron chi connectivity index (χ4n) is 8.71. The van der Waals surface area contributed by atoms with Crippen LogP contribution in [0.15, 0.2) is 182 Å². The molecule has 11 rings (SSSR count). The summed E-state index contributed by atoms with van der Waals surface area (Å²) in [6.07, 6.45) is 0. The predicted molar refractivity (Wildman–Crippen MR) is 215 cm³/mol. The molecule has 0 radical (unpaired) electrons. The van der Waals surface area contributed by atoms with Gasteiger partial charge in [0.25, 0.3) is 0 Å². The van der Waals surface area contributed by atoms with E-state index in [4.69, 9.17) is 0 Å². The second kappa shape index (κ2) is 10.5. The van der Waals surface area contributed by atoms with Crippen molar-refractivity contribution in [1.82, 2.24) is 0 Å². The largest absolute Gasteiger partial charge is 0.0616 e. The lowest BCUT2D eigenvalue weighted by Crippen LogP contribution is -1.89. The SMILES string of the molecule is c1cc(-c2ccc(-c3cc4c5ccccc5c5ccccc5c4c4ccccc34)cc2)cc(-c2cc3c4c(cccc4c2)-c2ccccc2-3)c1. The van der Waals surface area contributed by atoms with Crippen LogP contribution in [0.4, 0.5) is 0 Å². The van der Waals surface area contributed by atoms with Gasteiger partial charge < -0.3 is 0 Å². The summed E-state index contributed by atoms with van der Waals surface area (Å²) < 4.78 is 0. The van der Waals surface area contributed by atoms with Gasteiger partial charge in [-0.3, -0.25) is 0 Å². The summed E-state index contributed by atoms with van der Waals surface area (Å²) in [4.78, 5) is 0. The van der Waals surface area contributed by atoms with E-state index in [9.17, 15) is 0 Å². The summed E-state index contributed by atoms with van der Waals surface area (Å²) in [5, 5.41) is 13.1. The Morgan fingerprint density at radius 1 is 0.200 bits per heavy atom. The number of rotatable bonds is 3. The van der Waals surface area contributed by atoms with Crippen molar-refractivity contribution < 1.29 is 0 Å². The van der Waals surface area contributed by atoms with E-state index in [0.29, 0.717) is 0 Å². The minimum atomic E-state index is 1.22. The second-order valence-electron chi connectivity index (χ2n) is 13.6. The summed E-state index contributed by atoms with van der Waals surface area (Å²) in [5.74, 6) is 0. The zero-order chi connectivity index (χ0) is 32.8. The Morgan fingerprint density at radius 2 is 0.720 bits per heavy atom. The van der Waals surface area contributed by atoms with Gasteiger partial charge in [-0.15, -0.1) is 0 Å². The van der Waals surface area contributed by atoms with Crippen LogP contribution in [0.25, 0.3) is 109 Å². The van der Waals surface area contributed by atoms with Crippen LogP contribution < -0.4 is 0 Å². The Bertz CT molecular complexity index is 3020. The van der Waals surface area contributed by atoms with Gasteiger partial charge in [0.15, 0.2) is 0 Å². The van der Waals surface area contributed by atoms with Gasteiger partial charge in [-0.1, -0.05) is 158 Å². The maximum absolute atomic E-state index is 2.43. The Balaban J connectivity index is 1.04. The third kappa shape index (κ3) is 3.94. The summed E-state index contributed by atoms with van der Waals surface area (Å²) in [7, 11) is 0. The molecule has 0 heterocycles. The number of hydrogen-bond donors (Lipinski definition) is 0. The Morgan fingerprint density at radius 3 is 1.46 bits per heavy atom. The van der Waals surface area contributed by atoms with Crippen molar-refractivity contribution in [1.29, 1.82) is 0 Å². The van der Waals surface area contributed by atoms with Crippen molar-refractivity contribution in [2.24, 2.45) is 0 Å². The maximum Gasteiger partial charge on any atom is -0.00199 e. The second-order valence-corrected chi connectivity index (χ2v) is 13.6. The smallest absolute Gasteiger partial charge is 0.00199 e. The molecule has 50 heavy (non-hydrogen) atoms. The van der Waals surface area contributed by atoms with E-state index in [1.165, 1.54) is 109 Å². The molecule has 0 fully saturated rings. The fraction of sp³-hybridized carbons (Fsp3) is 0. The minimum Gasteiger partial charge on any atom is -0.0616 e. The van der Waals surface area contributed by atoms with E-state index in [-0.39, 0.29) is 0 Å². The zero-order valence-electron chi connectivity index (χ0n) is 27.3. The molecule has 10 aromatic rings. The highest BCUT2D eigenvalue weighted by Crippen LogP contribution is 2.49. The first-order chi connectivity index (χ1) is 24.8. The molecule has 0 aliphatic heterocycles. The predicted octanol–water partition coefficient (Wildman–Crippen LogP) is 14.1. The molecule has 0 atom stereocenters. The van der Waals surface area contributed by atoms with Gasteiger partial charge in [-0.25, -0.2) is 0 Å². The summed E-state index contributed by atoms with van der Waals surface area (Å²) >= 11 is 0. The molecule has 0 bridgehead atoms. The van der Waals surface area contributed by atoms with E-state index >= 15 is 0 Å². The van der Waals surface area contributed by atoms with Gasteiger partial charge in [0.2, 0.25) is 0 Å². The third-order valence-electron chi connectivity index (χ3n) is 11.0. The summed E-state index contributed by atoms with van der Waals surface area (Å²) in [5.41, 5.74) is 12.8. The van der Waals surface area contributed by atoms with E-state index in [1.54, 1.807) is 0 Å². The molecule has 10 aromatic carbocycles. The lowest BCUT2D eigenvalue weighted by Gasteiger charge is -2.16. The first-order valence-corrected chi connectivity index (χ1v) is 17.4. The van der Waals surface area contributed by atoms with Gasteiger partial charge in [0.05, 0.1) is 0 Å². The molecule has 0 saturated carbocycles. The monoisotopic (exact) mass is 630 g/mol. The Hall–Kier alpha value is -6.50. The molecular formula is C50H30. The summed E-state index contributed by atoms with van der Waals surface area (Å²) in [6, 6.07) is 67.5. The highest BCUT2D eigenvalue weighted by atomic mass is 14.2. The highest BCUT2D eigenvalue weighted by molar-refractivity contribution is 6.33. The summed E-state index contributed by atoms with van der Waals surface area (Å²) in [6.45, 7) is 0. The van der Waals surface area contributed by atoms with Crippen molar-refractivity contribution in [3.05, 3.63) is 182 Å². The average Bonchev–Trinajstić information content (AvgIpc) is 3.52. The zero-order valence-corrected chi connectivity index (χ0v) is 27.3. The van der Waals surface area contributed by atoms with E-state index in [1.807, 2.05) is 0 Å². The Labute approximate surface area is 290 Å². The molecule has 0 N–H and O–H groups in total. The topological polar surface area (TPSA) is 0 Å². The molecule has 0 aromatic heterocycles. The standard InChI is InChI=1S/C50H30/c1-3-17-40-37(14-1)38-15-5-7-20-44(38)50-45-21-8-6-19-42(45)46(30-48(40)50)32-25-23-31(24-26-32)33-11-9-12-34(27-33)36-28-35-13-10-22-43-39-16-2-4-18-41(39)47(29-36)49(35)43/h1-30H. The van der Waals surface area contributed by atoms with Crippen molar-refractivity contribution in [2.75, 3.05) is 0 Å². The molecule has 1 aliphatic carbocycles. The van der Waals surface area contributed by atoms with Gasteiger partial charge >= 0.3 is 0 Å². The molecule has 0 unspecified atom stereocenters. The molecule has 0 amide bonds. The quantitative estimate of drug-likeness (QED) is 0.170. The lowest BCUT2D eigenvalue weighted by atomic mass is 9.87. The van der Waals surface area contributed by atoms with E-state index in [2.05, 4.69) is 182 Å². The first-order valence-electron chi connectivity index (χ1n) is 17.4. The van der Waals surface area contributed by atoms with Gasteiger partial charge in [0.1, 0.15) is 0 Å². The molecule has 0 nitrogen and oxygen atoms in total. The normalized spacial score (nSPS) is 12.0. The first kappa shape index (κ1) is 27.5. The van der Waals surface area contributed by atoms with Crippen molar-refractivity contribution in [3.8, 4) is 55.6 Å². The van der Waals surface area contributed by atoms with Crippen molar-refractivity contribution >= 4 is 53.9 Å². The van der Waals surface area contributed by atoms with E-state index in [0.717, 1.165) is 0 Å². The van der Waals surface area contributed by atoms with Crippen molar-refractivity contribution in [3.63, 3.8) is 0 Å². The average molecular weight is 631 g/mol. The minimum absolute atomic E-state index is 1.22. The third-order valence-corrected chi connectivity index (χ3v) is 11.0. The Kier molecular flexibility index (Phi) is 5.76. The lowest BCUT2D eigenvalue weighted by molar-refractivity contribution is 1.59. The van der Waals surface area contributed by atoms with Gasteiger partial charge in [-0.05, 0) is 134 Å². The van der Waals surface area contributed by atoms with Crippen LogP contribution in [0.5, 0.6) is 0 Å². The molecule has 1 aliphatic rings. The van der Waals surface area contributed by atoms with Crippen LogP contribution in [0, 0.1) is 0 Å². The molecular weight excluding hydrogens is 601 g/mol. The number of fused-ring (bicyclic) bond motifs is 11. The molecule has 0 saturated heterocycles. The maximum atomic E-state index is 2.43. The van der Waals surface area contributed by atoms with Gasteiger partial charge in [0, 0.05) is 0 Å². The van der Waals surface area contributed by atoms with Gasteiger partial charge in [-0.2, -0.15) is 0 Å². The van der Waals surface area contributed by atoms with Crippen LogP contribution in [0.3, 0.4) is 0 Å². The van der Waals surface area contributed by atoms with Crippen LogP contribution >= 0.6 is 0 Å². The molecule has 0 spiro atoms. The highest BCUT2D eigenvalue weighted by Gasteiger charge is 2.22. The molecule has 0 heteroatoms. The number of benzene rings is 10. The van der Waals surface area contributed by atoms with Crippen LogP contribution in [-0.2, 0) is 0 Å². The van der Waals surface area contributed by atoms with Crippen LogP contribution in [-0.4, -0.2) is 0 Å². The molecule has 230 valence electrons. The fourth-order valence-corrected chi connectivity index (χ4v) is 8.71.